The van der Waals surface area contributed by atoms with Gasteiger partial charge in [-0.25, -0.2) is 0 Å². The standard InChI is InChI=1S/C14H28N2O2/c1-5-16(6-2)11-9-12-8-7-10-14(12,15-3)13(17)18-4/h12,15H,5-11H2,1-4H3. The van der Waals surface area contributed by atoms with Gasteiger partial charge in [0.1, 0.15) is 5.54 Å². The molecule has 0 heterocycles. The van der Waals surface area contributed by atoms with Crippen molar-refractivity contribution in [3.8, 4) is 0 Å². The minimum Gasteiger partial charge on any atom is -0.468 e. The van der Waals surface area contributed by atoms with Gasteiger partial charge in [-0.1, -0.05) is 20.3 Å². The van der Waals surface area contributed by atoms with Crippen molar-refractivity contribution in [2.24, 2.45) is 5.92 Å². The van der Waals surface area contributed by atoms with Crippen LogP contribution in [0.25, 0.3) is 0 Å². The highest BCUT2D eigenvalue weighted by molar-refractivity contribution is 5.81. The van der Waals surface area contributed by atoms with E-state index in [0.29, 0.717) is 5.92 Å². The lowest BCUT2D eigenvalue weighted by Gasteiger charge is -2.33. The number of hydrogen-bond donors (Lipinski definition) is 1. The Kier molecular flexibility index (Phi) is 6.09. The Hall–Kier alpha value is -0.610. The van der Waals surface area contributed by atoms with Crippen molar-refractivity contribution >= 4 is 5.97 Å². The molecule has 106 valence electrons. The fourth-order valence-corrected chi connectivity index (χ4v) is 3.23. The van der Waals surface area contributed by atoms with Crippen LogP contribution >= 0.6 is 0 Å². The molecule has 18 heavy (non-hydrogen) atoms. The molecule has 1 saturated carbocycles. The molecule has 0 aliphatic heterocycles. The van der Waals surface area contributed by atoms with E-state index in [9.17, 15) is 4.79 Å². The fourth-order valence-electron chi connectivity index (χ4n) is 3.23. The van der Waals surface area contributed by atoms with Crippen LogP contribution in [0.2, 0.25) is 0 Å². The molecule has 0 spiro atoms. The van der Waals surface area contributed by atoms with Crippen molar-refractivity contribution in [3.05, 3.63) is 0 Å². The van der Waals surface area contributed by atoms with E-state index < -0.39 is 5.54 Å². The summed E-state index contributed by atoms with van der Waals surface area (Å²) in [6.45, 7) is 7.59. The molecule has 0 saturated heterocycles. The first-order valence-corrected chi connectivity index (χ1v) is 7.14. The second-order valence-corrected chi connectivity index (χ2v) is 5.12. The van der Waals surface area contributed by atoms with Crippen molar-refractivity contribution in [1.29, 1.82) is 0 Å². The maximum absolute atomic E-state index is 12.1. The molecule has 0 aromatic rings. The summed E-state index contributed by atoms with van der Waals surface area (Å²) >= 11 is 0. The molecule has 1 N–H and O–H groups in total. The van der Waals surface area contributed by atoms with Crippen molar-refractivity contribution < 1.29 is 9.53 Å². The zero-order chi connectivity index (χ0) is 13.6. The second-order valence-electron chi connectivity index (χ2n) is 5.12. The first-order chi connectivity index (χ1) is 8.64. The number of ether oxygens (including phenoxy) is 1. The molecule has 2 atom stereocenters. The highest BCUT2D eigenvalue weighted by Gasteiger charge is 2.48. The highest BCUT2D eigenvalue weighted by atomic mass is 16.5. The van der Waals surface area contributed by atoms with Crippen molar-refractivity contribution in [1.82, 2.24) is 10.2 Å². The van der Waals surface area contributed by atoms with Crippen LogP contribution in [0.5, 0.6) is 0 Å². The summed E-state index contributed by atoms with van der Waals surface area (Å²) in [5, 5.41) is 3.24. The number of carbonyl (C=O) groups is 1. The maximum atomic E-state index is 12.1. The van der Waals surface area contributed by atoms with E-state index in [1.54, 1.807) is 0 Å². The zero-order valence-electron chi connectivity index (χ0n) is 12.3. The second kappa shape index (κ2) is 7.10. The van der Waals surface area contributed by atoms with Gasteiger partial charge in [0.2, 0.25) is 0 Å². The lowest BCUT2D eigenvalue weighted by atomic mass is 9.84. The molecule has 1 aliphatic carbocycles. The summed E-state index contributed by atoms with van der Waals surface area (Å²) in [5.74, 6) is 0.308. The predicted molar refractivity (Wildman–Crippen MR) is 73.6 cm³/mol. The first kappa shape index (κ1) is 15.4. The minimum atomic E-state index is -0.443. The zero-order valence-corrected chi connectivity index (χ0v) is 12.3. The molecule has 2 unspecified atom stereocenters. The molecule has 0 bridgehead atoms. The number of methoxy groups -OCH3 is 1. The number of rotatable bonds is 7. The average Bonchev–Trinajstić information content (AvgIpc) is 2.83. The number of esters is 1. The van der Waals surface area contributed by atoms with E-state index in [1.165, 1.54) is 7.11 Å². The van der Waals surface area contributed by atoms with E-state index in [4.69, 9.17) is 4.74 Å². The van der Waals surface area contributed by atoms with Crippen LogP contribution < -0.4 is 5.32 Å². The van der Waals surface area contributed by atoms with Crippen LogP contribution in [0.3, 0.4) is 0 Å². The van der Waals surface area contributed by atoms with Gasteiger partial charge in [0.25, 0.3) is 0 Å². The van der Waals surface area contributed by atoms with Crippen molar-refractivity contribution in [2.45, 2.75) is 45.1 Å². The van der Waals surface area contributed by atoms with Crippen LogP contribution in [-0.2, 0) is 9.53 Å². The highest BCUT2D eigenvalue weighted by Crippen LogP contribution is 2.38. The third-order valence-corrected chi connectivity index (χ3v) is 4.50. The maximum Gasteiger partial charge on any atom is 0.326 e. The summed E-state index contributed by atoms with van der Waals surface area (Å²) in [4.78, 5) is 14.5. The van der Waals surface area contributed by atoms with E-state index in [-0.39, 0.29) is 5.97 Å². The number of nitrogens with zero attached hydrogens (tertiary/aromatic N) is 1. The largest absolute Gasteiger partial charge is 0.468 e. The van der Waals surface area contributed by atoms with Crippen molar-refractivity contribution in [3.63, 3.8) is 0 Å². The lowest BCUT2D eigenvalue weighted by Crippen LogP contribution is -2.54. The van der Waals surface area contributed by atoms with Gasteiger partial charge in [-0.15, -0.1) is 0 Å². The Morgan fingerprint density at radius 3 is 2.61 bits per heavy atom. The van der Waals surface area contributed by atoms with Gasteiger partial charge in [0, 0.05) is 0 Å². The molecule has 0 aromatic heterocycles. The smallest absolute Gasteiger partial charge is 0.326 e. The van der Waals surface area contributed by atoms with Crippen LogP contribution in [0.4, 0.5) is 0 Å². The monoisotopic (exact) mass is 256 g/mol. The van der Waals surface area contributed by atoms with E-state index in [1.807, 2.05) is 7.05 Å². The minimum absolute atomic E-state index is 0.0907. The topological polar surface area (TPSA) is 41.6 Å². The Balaban J connectivity index is 2.65. The molecule has 4 heteroatoms. The van der Waals surface area contributed by atoms with Gasteiger partial charge in [-0.2, -0.15) is 0 Å². The van der Waals surface area contributed by atoms with Crippen LogP contribution in [0, 0.1) is 5.92 Å². The molecule has 0 amide bonds. The summed E-state index contributed by atoms with van der Waals surface area (Å²) in [6.07, 6.45) is 4.20. The Labute approximate surface area is 111 Å². The van der Waals surface area contributed by atoms with E-state index in [2.05, 4.69) is 24.1 Å². The molecule has 0 radical (unpaired) electrons. The SMILES string of the molecule is CCN(CC)CCC1CCCC1(NC)C(=O)OC. The summed E-state index contributed by atoms with van der Waals surface area (Å²) in [5.41, 5.74) is -0.443. The number of carbonyl (C=O) groups excluding carboxylic acids is 1. The van der Waals surface area contributed by atoms with Gasteiger partial charge in [-0.3, -0.25) is 4.79 Å². The molecule has 1 aliphatic rings. The molecule has 1 fully saturated rings. The molecule has 4 nitrogen and oxygen atoms in total. The van der Waals surface area contributed by atoms with E-state index >= 15 is 0 Å². The van der Waals surface area contributed by atoms with Crippen LogP contribution in [0.1, 0.15) is 39.5 Å². The Morgan fingerprint density at radius 2 is 2.11 bits per heavy atom. The van der Waals surface area contributed by atoms with Gasteiger partial charge in [-0.05, 0) is 51.9 Å². The lowest BCUT2D eigenvalue weighted by molar-refractivity contribution is -0.150. The molecular weight excluding hydrogens is 228 g/mol. The van der Waals surface area contributed by atoms with Gasteiger partial charge >= 0.3 is 5.97 Å². The molecule has 1 rings (SSSR count). The molecular formula is C14H28N2O2. The van der Waals surface area contributed by atoms with Crippen LogP contribution in [0.15, 0.2) is 0 Å². The Morgan fingerprint density at radius 1 is 1.44 bits per heavy atom. The fraction of sp³-hybridized carbons (Fsp3) is 0.929. The van der Waals surface area contributed by atoms with Gasteiger partial charge in [0.05, 0.1) is 7.11 Å². The summed E-state index contributed by atoms with van der Waals surface area (Å²) < 4.78 is 5.00. The van der Waals surface area contributed by atoms with Gasteiger partial charge < -0.3 is 15.0 Å². The quantitative estimate of drug-likeness (QED) is 0.703. The summed E-state index contributed by atoms with van der Waals surface area (Å²) in [6, 6.07) is 0. The predicted octanol–water partition coefficient (Wildman–Crippen LogP) is 1.65. The van der Waals surface area contributed by atoms with E-state index in [0.717, 1.165) is 45.3 Å². The average molecular weight is 256 g/mol. The Bertz CT molecular complexity index is 267. The molecule has 0 aromatic carbocycles. The third-order valence-electron chi connectivity index (χ3n) is 4.50. The number of hydrogen-bond acceptors (Lipinski definition) is 4. The normalized spacial score (nSPS) is 27.7. The first-order valence-electron chi connectivity index (χ1n) is 7.14. The van der Waals surface area contributed by atoms with Crippen LogP contribution in [-0.4, -0.2) is 50.2 Å². The number of likely N-dealkylation sites (N-methyl/N-ethyl adjacent to an activating group) is 1. The van der Waals surface area contributed by atoms with Gasteiger partial charge in [0.15, 0.2) is 0 Å². The van der Waals surface area contributed by atoms with Crippen molar-refractivity contribution in [2.75, 3.05) is 33.8 Å². The number of nitrogens with one attached hydrogen (secondary N) is 1. The summed E-state index contributed by atoms with van der Waals surface area (Å²) in [7, 11) is 3.37. The third kappa shape index (κ3) is 3.04.